The molecule has 2 N–H and O–H groups in total. The molecule has 3 aromatic carbocycles. The second-order valence-electron chi connectivity index (χ2n) is 12.7. The van der Waals surface area contributed by atoms with Crippen LogP contribution in [0.3, 0.4) is 0 Å². The van der Waals surface area contributed by atoms with Crippen molar-refractivity contribution in [3.8, 4) is 0 Å². The van der Waals surface area contributed by atoms with Crippen LogP contribution in [0.5, 0.6) is 0 Å². The fraction of sp³-hybridized carbons (Fsp3) is 0.389. The van der Waals surface area contributed by atoms with Gasteiger partial charge in [0.1, 0.15) is 24.3 Å². The summed E-state index contributed by atoms with van der Waals surface area (Å²) in [4.78, 5) is 57.5. The molecule has 0 bridgehead atoms. The Bertz CT molecular complexity index is 1460. The maximum absolute atomic E-state index is 14.3. The van der Waals surface area contributed by atoms with E-state index in [1.165, 1.54) is 4.90 Å². The van der Waals surface area contributed by atoms with E-state index in [-0.39, 0.29) is 25.1 Å². The number of benzene rings is 3. The minimum Gasteiger partial charge on any atom is -0.445 e. The lowest BCUT2D eigenvalue weighted by atomic mass is 9.98. The average Bonchev–Trinajstić information content (AvgIpc) is 3.47. The number of ether oxygens (including phenoxy) is 2. The van der Waals surface area contributed by atoms with Crippen LogP contribution >= 0.6 is 0 Å². The molecule has 4 amide bonds. The van der Waals surface area contributed by atoms with Gasteiger partial charge in [-0.3, -0.25) is 9.59 Å². The molecular formula is C36H42N4O6. The molecule has 10 heteroatoms. The molecule has 242 valence electrons. The van der Waals surface area contributed by atoms with Crippen LogP contribution in [0.15, 0.2) is 91.0 Å². The smallest absolute Gasteiger partial charge is 0.410 e. The average molecular weight is 627 g/mol. The molecule has 0 radical (unpaired) electrons. The summed E-state index contributed by atoms with van der Waals surface area (Å²) in [6, 6.07) is 26.1. The van der Waals surface area contributed by atoms with Crippen molar-refractivity contribution in [2.45, 2.75) is 76.4 Å². The lowest BCUT2D eigenvalue weighted by Gasteiger charge is -2.38. The van der Waals surface area contributed by atoms with Crippen molar-refractivity contribution >= 4 is 24.0 Å². The normalized spacial score (nSPS) is 19.9. The standard InChI is InChI=1S/C36H42N4O6/c1-36(2,3)46-34(43)37-29-23-39(35(44)45-24-25-13-7-4-8-14-25)22-21-28-19-20-30(40(28)33(29)42)32(41)38-31(26-15-9-5-10-16-26)27-17-11-6-12-18-27/h4-18,28-31H,19-24H2,1-3H3,(H,37,43)(H,38,41)/t28-,29?,30-/m1/s1. The Morgan fingerprint density at radius 1 is 0.848 bits per heavy atom. The molecule has 2 aliphatic rings. The molecule has 3 atom stereocenters. The maximum Gasteiger partial charge on any atom is 0.410 e. The highest BCUT2D eigenvalue weighted by Gasteiger charge is 2.46. The second-order valence-corrected chi connectivity index (χ2v) is 12.7. The minimum atomic E-state index is -1.14. The van der Waals surface area contributed by atoms with E-state index in [2.05, 4.69) is 10.6 Å². The van der Waals surface area contributed by atoms with E-state index in [0.717, 1.165) is 16.7 Å². The third kappa shape index (κ3) is 8.24. The summed E-state index contributed by atoms with van der Waals surface area (Å²) in [6.45, 7) is 5.43. The highest BCUT2D eigenvalue weighted by atomic mass is 16.6. The number of carbonyl (C=O) groups excluding carboxylic acids is 4. The molecule has 2 saturated heterocycles. The molecule has 2 aliphatic heterocycles. The molecule has 0 aromatic heterocycles. The number of rotatable bonds is 7. The van der Waals surface area contributed by atoms with Crippen LogP contribution in [0, 0.1) is 0 Å². The Hall–Kier alpha value is -4.86. The first-order valence-corrected chi connectivity index (χ1v) is 15.8. The van der Waals surface area contributed by atoms with Gasteiger partial charge in [0.05, 0.1) is 12.6 Å². The zero-order chi connectivity index (χ0) is 32.7. The predicted molar refractivity (Wildman–Crippen MR) is 173 cm³/mol. The van der Waals surface area contributed by atoms with Gasteiger partial charge in [-0.1, -0.05) is 91.0 Å². The van der Waals surface area contributed by atoms with Gasteiger partial charge in [0, 0.05) is 12.6 Å². The predicted octanol–water partition coefficient (Wildman–Crippen LogP) is 5.19. The summed E-state index contributed by atoms with van der Waals surface area (Å²) in [7, 11) is 0. The number of amides is 4. The third-order valence-electron chi connectivity index (χ3n) is 8.20. The van der Waals surface area contributed by atoms with Crippen LogP contribution < -0.4 is 10.6 Å². The molecule has 0 saturated carbocycles. The van der Waals surface area contributed by atoms with Gasteiger partial charge in [-0.2, -0.15) is 0 Å². The Balaban J connectivity index is 1.36. The number of fused-ring (bicyclic) bond motifs is 1. The van der Waals surface area contributed by atoms with Gasteiger partial charge >= 0.3 is 12.2 Å². The van der Waals surface area contributed by atoms with Crippen LogP contribution in [-0.4, -0.2) is 70.6 Å². The monoisotopic (exact) mass is 626 g/mol. The lowest BCUT2D eigenvalue weighted by molar-refractivity contribution is -0.143. The summed E-state index contributed by atoms with van der Waals surface area (Å²) < 4.78 is 11.0. The topological polar surface area (TPSA) is 117 Å². The van der Waals surface area contributed by atoms with Gasteiger partial charge in [0.15, 0.2) is 0 Å². The van der Waals surface area contributed by atoms with Crippen LogP contribution in [-0.2, 0) is 25.7 Å². The fourth-order valence-electron chi connectivity index (χ4n) is 6.05. The zero-order valence-electron chi connectivity index (χ0n) is 26.6. The zero-order valence-corrected chi connectivity index (χ0v) is 26.6. The van der Waals surface area contributed by atoms with Crippen LogP contribution in [0.2, 0.25) is 0 Å². The summed E-state index contributed by atoms with van der Waals surface area (Å²) in [6.07, 6.45) is 0.138. The van der Waals surface area contributed by atoms with Crippen molar-refractivity contribution in [1.82, 2.24) is 20.4 Å². The van der Waals surface area contributed by atoms with Gasteiger partial charge in [-0.15, -0.1) is 0 Å². The Labute approximate surface area is 270 Å². The quantitative estimate of drug-likeness (QED) is 0.373. The fourth-order valence-corrected chi connectivity index (χ4v) is 6.05. The van der Waals surface area contributed by atoms with Crippen molar-refractivity contribution in [3.63, 3.8) is 0 Å². The van der Waals surface area contributed by atoms with E-state index >= 15 is 0 Å². The summed E-state index contributed by atoms with van der Waals surface area (Å²) >= 11 is 0. The first kappa shape index (κ1) is 32.5. The van der Waals surface area contributed by atoms with Crippen molar-refractivity contribution in [3.05, 3.63) is 108 Å². The molecule has 3 aromatic rings. The number of carbonyl (C=O) groups is 4. The first-order valence-electron chi connectivity index (χ1n) is 15.8. The molecule has 2 heterocycles. The van der Waals surface area contributed by atoms with E-state index in [1.807, 2.05) is 91.0 Å². The Kier molecular flexibility index (Phi) is 10.2. The van der Waals surface area contributed by atoms with Gasteiger partial charge in [0.2, 0.25) is 11.8 Å². The highest BCUT2D eigenvalue weighted by molar-refractivity contribution is 5.93. The summed E-state index contributed by atoms with van der Waals surface area (Å²) in [5.41, 5.74) is 1.88. The molecule has 0 spiro atoms. The summed E-state index contributed by atoms with van der Waals surface area (Å²) in [5, 5.41) is 5.88. The first-order chi connectivity index (χ1) is 22.1. The van der Waals surface area contributed by atoms with Gasteiger partial charge in [-0.05, 0) is 56.7 Å². The van der Waals surface area contributed by atoms with E-state index in [0.29, 0.717) is 25.8 Å². The molecule has 0 aliphatic carbocycles. The van der Waals surface area contributed by atoms with Gasteiger partial charge in [-0.25, -0.2) is 9.59 Å². The third-order valence-corrected chi connectivity index (χ3v) is 8.20. The SMILES string of the molecule is CC(C)(C)OC(=O)NC1CN(C(=O)OCc2ccccc2)CC[C@H]2CC[C@H](C(=O)NC(c3ccccc3)c3ccccc3)N2C1=O. The van der Waals surface area contributed by atoms with Crippen molar-refractivity contribution in [1.29, 1.82) is 0 Å². The number of nitrogens with zero attached hydrogens (tertiary/aromatic N) is 2. The van der Waals surface area contributed by atoms with E-state index in [9.17, 15) is 19.2 Å². The van der Waals surface area contributed by atoms with E-state index in [4.69, 9.17) is 9.47 Å². The van der Waals surface area contributed by atoms with Crippen molar-refractivity contribution in [2.75, 3.05) is 13.1 Å². The van der Waals surface area contributed by atoms with E-state index < -0.39 is 41.8 Å². The highest BCUT2D eigenvalue weighted by Crippen LogP contribution is 2.31. The molecular weight excluding hydrogens is 584 g/mol. The molecule has 1 unspecified atom stereocenters. The van der Waals surface area contributed by atoms with Gasteiger partial charge < -0.3 is 29.9 Å². The Morgan fingerprint density at radius 2 is 1.43 bits per heavy atom. The summed E-state index contributed by atoms with van der Waals surface area (Å²) in [5.74, 6) is -0.714. The molecule has 46 heavy (non-hydrogen) atoms. The van der Waals surface area contributed by atoms with Crippen molar-refractivity contribution in [2.24, 2.45) is 0 Å². The second kappa shape index (κ2) is 14.5. The minimum absolute atomic E-state index is 0.0794. The van der Waals surface area contributed by atoms with Crippen LogP contribution in [0.4, 0.5) is 9.59 Å². The van der Waals surface area contributed by atoms with E-state index in [1.54, 1.807) is 25.7 Å². The maximum atomic E-state index is 14.3. The number of alkyl carbamates (subject to hydrolysis) is 1. The van der Waals surface area contributed by atoms with Crippen LogP contribution in [0.1, 0.15) is 62.8 Å². The molecule has 10 nitrogen and oxygen atoms in total. The number of nitrogens with one attached hydrogen (secondary N) is 2. The largest absolute Gasteiger partial charge is 0.445 e. The number of hydrogen-bond donors (Lipinski definition) is 2. The lowest BCUT2D eigenvalue weighted by Crippen LogP contribution is -2.61. The van der Waals surface area contributed by atoms with Crippen LogP contribution in [0.25, 0.3) is 0 Å². The van der Waals surface area contributed by atoms with Crippen molar-refractivity contribution < 1.29 is 28.7 Å². The Morgan fingerprint density at radius 3 is 2.02 bits per heavy atom. The van der Waals surface area contributed by atoms with Gasteiger partial charge in [0.25, 0.3) is 0 Å². The number of hydrogen-bond acceptors (Lipinski definition) is 6. The molecule has 5 rings (SSSR count). The molecule has 2 fully saturated rings.